The molecule has 0 aliphatic carbocycles. The summed E-state index contributed by atoms with van der Waals surface area (Å²) in [6, 6.07) is 0.342. The number of nitrogens with two attached hydrogens (primary N) is 1. The number of thiazole rings is 1. The predicted octanol–water partition coefficient (Wildman–Crippen LogP) is 1.24. The molecule has 1 aliphatic rings. The third kappa shape index (κ3) is 1.84. The second-order valence-electron chi connectivity index (χ2n) is 3.47. The molecule has 1 aromatic heterocycles. The fourth-order valence-corrected chi connectivity index (χ4v) is 2.51. The third-order valence-corrected chi connectivity index (χ3v) is 3.35. The van der Waals surface area contributed by atoms with Crippen LogP contribution in [0.3, 0.4) is 0 Å². The van der Waals surface area contributed by atoms with Gasteiger partial charge in [0.15, 0.2) is 5.13 Å². The second-order valence-corrected chi connectivity index (χ2v) is 4.31. The molecule has 2 rings (SSSR count). The van der Waals surface area contributed by atoms with E-state index < -0.39 is 0 Å². The first-order valence-corrected chi connectivity index (χ1v) is 5.62. The van der Waals surface area contributed by atoms with Crippen LogP contribution in [0, 0.1) is 0 Å². The van der Waals surface area contributed by atoms with Crippen LogP contribution in [0.4, 0.5) is 5.13 Å². The average molecular weight is 197 g/mol. The summed E-state index contributed by atoms with van der Waals surface area (Å²) >= 11 is 1.73. The van der Waals surface area contributed by atoms with Gasteiger partial charge in [0.2, 0.25) is 0 Å². The lowest BCUT2D eigenvalue weighted by atomic mass is 10.3. The maximum atomic E-state index is 5.84. The Morgan fingerprint density at radius 3 is 3.15 bits per heavy atom. The lowest BCUT2D eigenvalue weighted by Gasteiger charge is -2.12. The van der Waals surface area contributed by atoms with Crippen LogP contribution in [0.5, 0.6) is 0 Å². The first kappa shape index (κ1) is 8.97. The second kappa shape index (κ2) is 3.64. The number of nitrogens with zero attached hydrogens (tertiary/aromatic N) is 2. The third-order valence-electron chi connectivity index (χ3n) is 2.40. The summed E-state index contributed by atoms with van der Waals surface area (Å²) in [6.07, 6.45) is 2.12. The molecule has 3 nitrogen and oxygen atoms in total. The quantitative estimate of drug-likeness (QED) is 0.775. The topological polar surface area (TPSA) is 42.1 Å². The smallest absolute Gasteiger partial charge is 0.185 e. The van der Waals surface area contributed by atoms with Crippen molar-refractivity contribution in [2.24, 2.45) is 5.73 Å². The zero-order valence-electron chi connectivity index (χ0n) is 7.86. The molecule has 0 aromatic carbocycles. The molecule has 0 amide bonds. The molecule has 0 spiro atoms. The van der Waals surface area contributed by atoms with Crippen LogP contribution in [0.15, 0.2) is 5.38 Å². The van der Waals surface area contributed by atoms with Crippen LogP contribution in [0.25, 0.3) is 0 Å². The highest BCUT2D eigenvalue weighted by molar-refractivity contribution is 7.13. The van der Waals surface area contributed by atoms with Gasteiger partial charge in [-0.05, 0) is 12.8 Å². The van der Waals surface area contributed by atoms with Crippen molar-refractivity contribution in [3.63, 3.8) is 0 Å². The highest BCUT2D eigenvalue weighted by Crippen LogP contribution is 2.23. The molecule has 1 unspecified atom stereocenters. The zero-order valence-corrected chi connectivity index (χ0v) is 8.68. The summed E-state index contributed by atoms with van der Waals surface area (Å²) < 4.78 is 0. The lowest BCUT2D eigenvalue weighted by Crippen LogP contribution is -2.26. The number of anilines is 1. The number of hydrogen-bond acceptors (Lipinski definition) is 4. The Bertz CT molecular complexity index is 284. The first-order chi connectivity index (χ1) is 6.29. The standard InChI is InChI=1S/C9H15N3S/c1-2-8-6-13-9(11-8)12-4-3-7(10)5-12/h6-7H,2-5,10H2,1H3. The molecule has 1 saturated heterocycles. The van der Waals surface area contributed by atoms with E-state index in [9.17, 15) is 0 Å². The minimum Gasteiger partial charge on any atom is -0.346 e. The largest absolute Gasteiger partial charge is 0.346 e. The predicted molar refractivity (Wildman–Crippen MR) is 56.3 cm³/mol. The Hall–Kier alpha value is -0.610. The van der Waals surface area contributed by atoms with E-state index in [1.165, 1.54) is 5.69 Å². The summed E-state index contributed by atoms with van der Waals surface area (Å²) in [4.78, 5) is 6.82. The molecule has 1 aromatic rings. The van der Waals surface area contributed by atoms with Crippen molar-refractivity contribution in [1.82, 2.24) is 4.98 Å². The monoisotopic (exact) mass is 197 g/mol. The number of aromatic nitrogens is 1. The highest BCUT2D eigenvalue weighted by atomic mass is 32.1. The molecule has 4 heteroatoms. The SMILES string of the molecule is CCc1csc(N2CCC(N)C2)n1. The van der Waals surface area contributed by atoms with E-state index in [0.29, 0.717) is 6.04 Å². The molecule has 2 N–H and O–H groups in total. The molecule has 72 valence electrons. The van der Waals surface area contributed by atoms with Crippen LogP contribution in [0.1, 0.15) is 19.0 Å². The van der Waals surface area contributed by atoms with Gasteiger partial charge in [-0.25, -0.2) is 4.98 Å². The minimum atomic E-state index is 0.342. The molecule has 0 saturated carbocycles. The van der Waals surface area contributed by atoms with Gasteiger partial charge < -0.3 is 10.6 Å². The average Bonchev–Trinajstić information content (AvgIpc) is 2.71. The summed E-state index contributed by atoms with van der Waals surface area (Å²) in [7, 11) is 0. The molecule has 0 radical (unpaired) electrons. The Labute approximate surface area is 82.6 Å². The van der Waals surface area contributed by atoms with Crippen molar-refractivity contribution in [3.05, 3.63) is 11.1 Å². The summed E-state index contributed by atoms with van der Waals surface area (Å²) in [5.74, 6) is 0. The van der Waals surface area contributed by atoms with Crippen molar-refractivity contribution in [3.8, 4) is 0 Å². The van der Waals surface area contributed by atoms with Crippen molar-refractivity contribution in [2.45, 2.75) is 25.8 Å². The van der Waals surface area contributed by atoms with E-state index in [2.05, 4.69) is 22.2 Å². The summed E-state index contributed by atoms with van der Waals surface area (Å²) in [6.45, 7) is 4.17. The van der Waals surface area contributed by atoms with E-state index in [4.69, 9.17) is 5.73 Å². The maximum Gasteiger partial charge on any atom is 0.185 e. The van der Waals surface area contributed by atoms with Crippen LogP contribution in [0.2, 0.25) is 0 Å². The molecule has 13 heavy (non-hydrogen) atoms. The van der Waals surface area contributed by atoms with Crippen molar-refractivity contribution in [1.29, 1.82) is 0 Å². The van der Waals surface area contributed by atoms with E-state index in [-0.39, 0.29) is 0 Å². The fraction of sp³-hybridized carbons (Fsp3) is 0.667. The van der Waals surface area contributed by atoms with Crippen LogP contribution in [-0.2, 0) is 6.42 Å². The van der Waals surface area contributed by atoms with E-state index >= 15 is 0 Å². The molecular formula is C9H15N3S. The van der Waals surface area contributed by atoms with Crippen molar-refractivity contribution in [2.75, 3.05) is 18.0 Å². The summed E-state index contributed by atoms with van der Waals surface area (Å²) in [5.41, 5.74) is 7.03. The Morgan fingerprint density at radius 2 is 2.62 bits per heavy atom. The maximum absolute atomic E-state index is 5.84. The van der Waals surface area contributed by atoms with Crippen LogP contribution < -0.4 is 10.6 Å². The Morgan fingerprint density at radius 1 is 1.77 bits per heavy atom. The van der Waals surface area contributed by atoms with Crippen molar-refractivity contribution < 1.29 is 0 Å². The number of aryl methyl sites for hydroxylation is 1. The van der Waals surface area contributed by atoms with Gasteiger partial charge in [-0.1, -0.05) is 6.92 Å². The van der Waals surface area contributed by atoms with Crippen LogP contribution >= 0.6 is 11.3 Å². The van der Waals surface area contributed by atoms with Gasteiger partial charge in [0.25, 0.3) is 0 Å². The number of rotatable bonds is 2. The summed E-state index contributed by atoms with van der Waals surface area (Å²) in [5, 5.41) is 3.28. The van der Waals surface area contributed by atoms with Gasteiger partial charge in [-0.3, -0.25) is 0 Å². The molecule has 0 bridgehead atoms. The van der Waals surface area contributed by atoms with Gasteiger partial charge in [-0.2, -0.15) is 0 Å². The van der Waals surface area contributed by atoms with Gasteiger partial charge >= 0.3 is 0 Å². The molecule has 1 fully saturated rings. The highest BCUT2D eigenvalue weighted by Gasteiger charge is 2.21. The first-order valence-electron chi connectivity index (χ1n) is 4.74. The van der Waals surface area contributed by atoms with Gasteiger partial charge in [0.1, 0.15) is 0 Å². The molecular weight excluding hydrogens is 182 g/mol. The Balaban J connectivity index is 2.08. The molecule has 1 atom stereocenters. The van der Waals surface area contributed by atoms with Gasteiger partial charge in [0.05, 0.1) is 5.69 Å². The van der Waals surface area contributed by atoms with E-state index in [0.717, 1.165) is 31.1 Å². The number of hydrogen-bond donors (Lipinski definition) is 1. The van der Waals surface area contributed by atoms with Crippen molar-refractivity contribution >= 4 is 16.5 Å². The van der Waals surface area contributed by atoms with Gasteiger partial charge in [-0.15, -0.1) is 11.3 Å². The zero-order chi connectivity index (χ0) is 9.26. The molecule has 1 aliphatic heterocycles. The van der Waals surface area contributed by atoms with E-state index in [1.807, 2.05) is 0 Å². The van der Waals surface area contributed by atoms with Crippen LogP contribution in [-0.4, -0.2) is 24.1 Å². The van der Waals surface area contributed by atoms with Gasteiger partial charge in [0, 0.05) is 24.5 Å². The fourth-order valence-electron chi connectivity index (χ4n) is 1.56. The minimum absolute atomic E-state index is 0.342. The normalized spacial score (nSPS) is 22.6. The molecule has 2 heterocycles. The Kier molecular flexibility index (Phi) is 2.51. The van der Waals surface area contributed by atoms with E-state index in [1.54, 1.807) is 11.3 Å². The lowest BCUT2D eigenvalue weighted by molar-refractivity contribution is 0.752.